The standard InChI is InChI=1S/C18H15F2N3OS/c1-23(2)18-22-16(10-25-18)11-4-3-5-15(8-11)21-17(24)12-6-13(19)9-14(20)7-12/h3-10H,1-2H3,(H,21,24). The molecule has 1 aromatic heterocycles. The van der Waals surface area contributed by atoms with E-state index in [0.717, 1.165) is 34.6 Å². The molecule has 0 unspecified atom stereocenters. The Morgan fingerprint density at radius 1 is 1.12 bits per heavy atom. The largest absolute Gasteiger partial charge is 0.354 e. The summed E-state index contributed by atoms with van der Waals surface area (Å²) < 4.78 is 26.5. The molecule has 128 valence electrons. The third-order valence-electron chi connectivity index (χ3n) is 3.42. The number of amides is 1. The van der Waals surface area contributed by atoms with Crippen LogP contribution in [0.3, 0.4) is 0 Å². The third-order valence-corrected chi connectivity index (χ3v) is 4.42. The number of carbonyl (C=O) groups excluding carboxylic acids is 1. The molecule has 0 aliphatic carbocycles. The minimum atomic E-state index is -0.794. The molecule has 3 rings (SSSR count). The summed E-state index contributed by atoms with van der Waals surface area (Å²) in [5.41, 5.74) is 2.08. The van der Waals surface area contributed by atoms with E-state index in [9.17, 15) is 13.6 Å². The molecule has 0 spiro atoms. The van der Waals surface area contributed by atoms with Gasteiger partial charge in [-0.2, -0.15) is 0 Å². The third kappa shape index (κ3) is 4.00. The van der Waals surface area contributed by atoms with Gasteiger partial charge in [0.05, 0.1) is 5.69 Å². The zero-order chi connectivity index (χ0) is 18.0. The van der Waals surface area contributed by atoms with Crippen LogP contribution in [-0.4, -0.2) is 25.0 Å². The lowest BCUT2D eigenvalue weighted by Gasteiger charge is -2.08. The Bertz CT molecular complexity index is 904. The Morgan fingerprint density at radius 2 is 1.84 bits per heavy atom. The first kappa shape index (κ1) is 17.0. The van der Waals surface area contributed by atoms with Crippen LogP contribution < -0.4 is 10.2 Å². The van der Waals surface area contributed by atoms with Gasteiger partial charge in [0, 0.05) is 42.4 Å². The Hall–Kier alpha value is -2.80. The van der Waals surface area contributed by atoms with Crippen LogP contribution in [0.1, 0.15) is 10.4 Å². The number of halogens is 2. The maximum Gasteiger partial charge on any atom is 0.255 e. The molecule has 2 aromatic carbocycles. The molecule has 0 atom stereocenters. The van der Waals surface area contributed by atoms with Crippen molar-refractivity contribution in [3.8, 4) is 11.3 Å². The minimum absolute atomic E-state index is 0.0774. The Morgan fingerprint density at radius 3 is 2.48 bits per heavy atom. The smallest absolute Gasteiger partial charge is 0.255 e. The van der Waals surface area contributed by atoms with E-state index in [1.54, 1.807) is 18.2 Å². The number of carbonyl (C=O) groups is 1. The van der Waals surface area contributed by atoms with Crippen molar-refractivity contribution in [1.82, 2.24) is 4.98 Å². The molecule has 1 N–H and O–H groups in total. The highest BCUT2D eigenvalue weighted by atomic mass is 32.1. The van der Waals surface area contributed by atoms with Crippen LogP contribution in [0.5, 0.6) is 0 Å². The molecule has 0 saturated heterocycles. The number of thiazole rings is 1. The van der Waals surface area contributed by atoms with E-state index in [1.807, 2.05) is 30.4 Å². The average Bonchev–Trinajstić information content (AvgIpc) is 3.04. The van der Waals surface area contributed by atoms with Gasteiger partial charge in [-0.1, -0.05) is 12.1 Å². The second-order valence-electron chi connectivity index (χ2n) is 5.60. The van der Waals surface area contributed by atoms with Crippen LogP contribution in [0.4, 0.5) is 19.6 Å². The number of anilines is 2. The van der Waals surface area contributed by atoms with E-state index in [0.29, 0.717) is 5.69 Å². The second kappa shape index (κ2) is 6.98. The summed E-state index contributed by atoms with van der Waals surface area (Å²) in [6.45, 7) is 0. The van der Waals surface area contributed by atoms with Gasteiger partial charge in [-0.3, -0.25) is 4.79 Å². The summed E-state index contributed by atoms with van der Waals surface area (Å²) >= 11 is 1.52. The Labute approximate surface area is 147 Å². The Kier molecular flexibility index (Phi) is 4.76. The maximum absolute atomic E-state index is 13.2. The van der Waals surface area contributed by atoms with E-state index < -0.39 is 17.5 Å². The highest BCUT2D eigenvalue weighted by molar-refractivity contribution is 7.14. The predicted octanol–water partition coefficient (Wildman–Crippen LogP) is 4.41. The summed E-state index contributed by atoms with van der Waals surface area (Å²) in [6, 6.07) is 9.84. The number of hydrogen-bond donors (Lipinski definition) is 1. The Balaban J connectivity index is 1.82. The number of hydrogen-bond acceptors (Lipinski definition) is 4. The van der Waals surface area contributed by atoms with Crippen molar-refractivity contribution in [2.24, 2.45) is 0 Å². The fourth-order valence-corrected chi connectivity index (χ4v) is 3.01. The van der Waals surface area contributed by atoms with E-state index in [1.165, 1.54) is 11.3 Å². The fourth-order valence-electron chi connectivity index (χ4n) is 2.25. The summed E-state index contributed by atoms with van der Waals surface area (Å²) in [6.07, 6.45) is 0. The van der Waals surface area contributed by atoms with Gasteiger partial charge in [-0.25, -0.2) is 13.8 Å². The molecule has 0 aliphatic heterocycles. The van der Waals surface area contributed by atoms with Gasteiger partial charge in [0.1, 0.15) is 11.6 Å². The molecule has 1 heterocycles. The molecular formula is C18H15F2N3OS. The lowest BCUT2D eigenvalue weighted by Crippen LogP contribution is -2.12. The monoisotopic (exact) mass is 359 g/mol. The van der Waals surface area contributed by atoms with Crippen LogP contribution in [0.25, 0.3) is 11.3 Å². The van der Waals surface area contributed by atoms with E-state index >= 15 is 0 Å². The molecule has 0 fully saturated rings. The summed E-state index contributed by atoms with van der Waals surface area (Å²) in [4.78, 5) is 18.6. The van der Waals surface area contributed by atoms with Gasteiger partial charge in [0.2, 0.25) is 0 Å². The average molecular weight is 359 g/mol. The van der Waals surface area contributed by atoms with Gasteiger partial charge >= 0.3 is 0 Å². The molecule has 0 saturated carbocycles. The summed E-state index contributed by atoms with van der Waals surface area (Å²) in [7, 11) is 3.83. The first-order valence-corrected chi connectivity index (χ1v) is 8.31. The van der Waals surface area contributed by atoms with Crippen LogP contribution in [0, 0.1) is 11.6 Å². The molecule has 3 aromatic rings. The van der Waals surface area contributed by atoms with Crippen LogP contribution in [0.2, 0.25) is 0 Å². The van der Waals surface area contributed by atoms with Crippen LogP contribution in [0.15, 0.2) is 47.8 Å². The zero-order valence-corrected chi connectivity index (χ0v) is 14.4. The van der Waals surface area contributed by atoms with Crippen molar-refractivity contribution in [2.75, 3.05) is 24.3 Å². The van der Waals surface area contributed by atoms with Gasteiger partial charge in [-0.05, 0) is 24.3 Å². The maximum atomic E-state index is 13.2. The number of nitrogens with one attached hydrogen (secondary N) is 1. The molecule has 1 amide bonds. The molecular weight excluding hydrogens is 344 g/mol. The van der Waals surface area contributed by atoms with Crippen molar-refractivity contribution in [3.05, 3.63) is 65.0 Å². The van der Waals surface area contributed by atoms with E-state index in [4.69, 9.17) is 0 Å². The van der Waals surface area contributed by atoms with Crippen molar-refractivity contribution in [3.63, 3.8) is 0 Å². The lowest BCUT2D eigenvalue weighted by atomic mass is 10.1. The van der Waals surface area contributed by atoms with Crippen molar-refractivity contribution >= 4 is 28.1 Å². The zero-order valence-electron chi connectivity index (χ0n) is 13.6. The summed E-state index contributed by atoms with van der Waals surface area (Å²) in [5.74, 6) is -2.17. The fraction of sp³-hybridized carbons (Fsp3) is 0.111. The van der Waals surface area contributed by atoms with Gasteiger partial charge < -0.3 is 10.2 Å². The predicted molar refractivity (Wildman–Crippen MR) is 96.2 cm³/mol. The minimum Gasteiger partial charge on any atom is -0.354 e. The summed E-state index contributed by atoms with van der Waals surface area (Å²) in [5, 5.41) is 5.45. The molecule has 0 bridgehead atoms. The first-order valence-electron chi connectivity index (χ1n) is 7.43. The number of aromatic nitrogens is 1. The molecule has 7 heteroatoms. The SMILES string of the molecule is CN(C)c1nc(-c2cccc(NC(=O)c3cc(F)cc(F)c3)c2)cs1. The van der Waals surface area contributed by atoms with Crippen LogP contribution >= 0.6 is 11.3 Å². The van der Waals surface area contributed by atoms with E-state index in [-0.39, 0.29) is 5.56 Å². The first-order chi connectivity index (χ1) is 11.9. The molecule has 0 aliphatic rings. The number of nitrogens with zero attached hydrogens (tertiary/aromatic N) is 2. The normalized spacial score (nSPS) is 10.6. The van der Waals surface area contributed by atoms with E-state index in [2.05, 4.69) is 10.3 Å². The van der Waals surface area contributed by atoms with Gasteiger partial charge in [0.15, 0.2) is 5.13 Å². The quantitative estimate of drug-likeness (QED) is 0.751. The molecule has 0 radical (unpaired) electrons. The van der Waals surface area contributed by atoms with Crippen molar-refractivity contribution < 1.29 is 13.6 Å². The highest BCUT2D eigenvalue weighted by Crippen LogP contribution is 2.28. The van der Waals surface area contributed by atoms with Crippen LogP contribution in [-0.2, 0) is 0 Å². The number of rotatable bonds is 4. The van der Waals surface area contributed by atoms with Crippen molar-refractivity contribution in [2.45, 2.75) is 0 Å². The topological polar surface area (TPSA) is 45.2 Å². The second-order valence-corrected chi connectivity index (χ2v) is 6.44. The highest BCUT2D eigenvalue weighted by Gasteiger charge is 2.11. The van der Waals surface area contributed by atoms with Gasteiger partial charge in [0.25, 0.3) is 5.91 Å². The van der Waals surface area contributed by atoms with Crippen molar-refractivity contribution in [1.29, 1.82) is 0 Å². The molecule has 4 nitrogen and oxygen atoms in total. The number of benzene rings is 2. The molecule has 25 heavy (non-hydrogen) atoms. The lowest BCUT2D eigenvalue weighted by molar-refractivity contribution is 0.102. The van der Waals surface area contributed by atoms with Gasteiger partial charge in [-0.15, -0.1) is 11.3 Å².